The van der Waals surface area contributed by atoms with Crippen molar-refractivity contribution in [3.8, 4) is 0 Å². The second-order valence-corrected chi connectivity index (χ2v) is 4.39. The van der Waals surface area contributed by atoms with E-state index in [-0.39, 0.29) is 6.04 Å². The van der Waals surface area contributed by atoms with Crippen molar-refractivity contribution >= 4 is 0 Å². The van der Waals surface area contributed by atoms with Crippen molar-refractivity contribution in [3.63, 3.8) is 0 Å². The molecular formula is C14H24N2. The fourth-order valence-corrected chi connectivity index (χ4v) is 1.73. The highest BCUT2D eigenvalue weighted by Gasteiger charge is 2.06. The van der Waals surface area contributed by atoms with E-state index in [1.807, 2.05) is 0 Å². The molecule has 0 spiro atoms. The predicted octanol–water partition coefficient (Wildman–Crippen LogP) is 2.81. The third kappa shape index (κ3) is 3.62. The first-order valence-corrected chi connectivity index (χ1v) is 6.25. The summed E-state index contributed by atoms with van der Waals surface area (Å²) in [7, 11) is 0. The van der Waals surface area contributed by atoms with Crippen LogP contribution in [-0.2, 0) is 0 Å². The number of rotatable bonds is 6. The molecule has 0 radical (unpaired) electrons. The van der Waals surface area contributed by atoms with Crippen LogP contribution >= 0.6 is 0 Å². The molecule has 2 atom stereocenters. The first-order chi connectivity index (χ1) is 7.69. The van der Waals surface area contributed by atoms with Crippen molar-refractivity contribution in [3.05, 3.63) is 35.4 Å². The highest BCUT2D eigenvalue weighted by Crippen LogP contribution is 2.20. The van der Waals surface area contributed by atoms with Crippen LogP contribution in [0.4, 0.5) is 0 Å². The summed E-state index contributed by atoms with van der Waals surface area (Å²) in [6.45, 7) is 8.39. The summed E-state index contributed by atoms with van der Waals surface area (Å²) >= 11 is 0. The monoisotopic (exact) mass is 220 g/mol. The zero-order valence-corrected chi connectivity index (χ0v) is 10.7. The average molecular weight is 220 g/mol. The Kier molecular flexibility index (Phi) is 5.50. The number of nitrogens with one attached hydrogen (secondary N) is 1. The van der Waals surface area contributed by atoms with Gasteiger partial charge in [-0.3, -0.25) is 0 Å². The van der Waals surface area contributed by atoms with E-state index >= 15 is 0 Å². The third-order valence-corrected chi connectivity index (χ3v) is 3.16. The van der Waals surface area contributed by atoms with Gasteiger partial charge in [0, 0.05) is 12.6 Å². The van der Waals surface area contributed by atoms with Gasteiger partial charge in [0.05, 0.1) is 0 Å². The predicted molar refractivity (Wildman–Crippen MR) is 70.6 cm³/mol. The molecule has 0 heterocycles. The Morgan fingerprint density at radius 1 is 1.12 bits per heavy atom. The van der Waals surface area contributed by atoms with E-state index < -0.39 is 0 Å². The SMILES string of the molecule is CCNCC(N)c1ccc(C(C)CC)cc1. The first kappa shape index (κ1) is 13.2. The van der Waals surface area contributed by atoms with Crippen LogP contribution in [0.5, 0.6) is 0 Å². The number of hydrogen-bond donors (Lipinski definition) is 2. The maximum Gasteiger partial charge on any atom is 0.0421 e. The molecule has 1 aromatic carbocycles. The molecule has 1 aromatic rings. The molecule has 1 rings (SSSR count). The van der Waals surface area contributed by atoms with Crippen LogP contribution in [0.1, 0.15) is 50.3 Å². The molecule has 0 aromatic heterocycles. The lowest BCUT2D eigenvalue weighted by Gasteiger charge is -2.14. The van der Waals surface area contributed by atoms with Crippen LogP contribution in [0.15, 0.2) is 24.3 Å². The van der Waals surface area contributed by atoms with Gasteiger partial charge in [-0.2, -0.15) is 0 Å². The average Bonchev–Trinajstić information content (AvgIpc) is 2.35. The fraction of sp³-hybridized carbons (Fsp3) is 0.571. The maximum atomic E-state index is 6.08. The van der Waals surface area contributed by atoms with Gasteiger partial charge in [0.15, 0.2) is 0 Å². The van der Waals surface area contributed by atoms with E-state index in [1.54, 1.807) is 0 Å². The minimum absolute atomic E-state index is 0.103. The zero-order valence-electron chi connectivity index (χ0n) is 10.7. The van der Waals surface area contributed by atoms with Crippen molar-refractivity contribution in [2.75, 3.05) is 13.1 Å². The number of likely N-dealkylation sites (N-methyl/N-ethyl adjacent to an activating group) is 1. The van der Waals surface area contributed by atoms with Crippen LogP contribution in [0.25, 0.3) is 0 Å². The van der Waals surface area contributed by atoms with Crippen LogP contribution in [0.2, 0.25) is 0 Å². The van der Waals surface area contributed by atoms with Crippen LogP contribution in [0, 0.1) is 0 Å². The number of hydrogen-bond acceptors (Lipinski definition) is 2. The lowest BCUT2D eigenvalue weighted by Crippen LogP contribution is -2.26. The summed E-state index contributed by atoms with van der Waals surface area (Å²) in [5, 5.41) is 3.27. The minimum atomic E-state index is 0.103. The van der Waals surface area contributed by atoms with Crippen molar-refractivity contribution < 1.29 is 0 Å². The largest absolute Gasteiger partial charge is 0.323 e. The molecule has 16 heavy (non-hydrogen) atoms. The fourth-order valence-electron chi connectivity index (χ4n) is 1.73. The van der Waals surface area contributed by atoms with Crippen LogP contribution in [0.3, 0.4) is 0 Å². The molecule has 0 fully saturated rings. The van der Waals surface area contributed by atoms with E-state index in [1.165, 1.54) is 17.5 Å². The summed E-state index contributed by atoms with van der Waals surface area (Å²) in [4.78, 5) is 0. The Morgan fingerprint density at radius 3 is 2.19 bits per heavy atom. The molecule has 0 bridgehead atoms. The van der Waals surface area contributed by atoms with Crippen molar-refractivity contribution in [1.82, 2.24) is 5.32 Å². The molecule has 0 aliphatic heterocycles. The molecule has 3 N–H and O–H groups in total. The van der Waals surface area contributed by atoms with E-state index in [0.717, 1.165) is 13.1 Å². The molecule has 0 aliphatic carbocycles. The van der Waals surface area contributed by atoms with Crippen molar-refractivity contribution in [2.24, 2.45) is 5.73 Å². The Balaban J connectivity index is 2.63. The Labute approximate surface area is 99.2 Å². The summed E-state index contributed by atoms with van der Waals surface area (Å²) in [6.07, 6.45) is 1.18. The maximum absolute atomic E-state index is 6.08. The zero-order chi connectivity index (χ0) is 12.0. The Hall–Kier alpha value is -0.860. The normalized spacial score (nSPS) is 14.8. The van der Waals surface area contributed by atoms with Gasteiger partial charge < -0.3 is 11.1 Å². The third-order valence-electron chi connectivity index (χ3n) is 3.16. The molecule has 0 amide bonds. The molecule has 2 heteroatoms. The summed E-state index contributed by atoms with van der Waals surface area (Å²) < 4.78 is 0. The highest BCUT2D eigenvalue weighted by molar-refractivity contribution is 5.27. The van der Waals surface area contributed by atoms with E-state index in [0.29, 0.717) is 5.92 Å². The van der Waals surface area contributed by atoms with E-state index in [2.05, 4.69) is 50.4 Å². The van der Waals surface area contributed by atoms with Gasteiger partial charge in [-0.05, 0) is 30.0 Å². The highest BCUT2D eigenvalue weighted by atomic mass is 14.9. The Morgan fingerprint density at radius 2 is 1.69 bits per heavy atom. The van der Waals surface area contributed by atoms with Gasteiger partial charge >= 0.3 is 0 Å². The second kappa shape index (κ2) is 6.66. The second-order valence-electron chi connectivity index (χ2n) is 4.39. The molecule has 0 saturated carbocycles. The lowest BCUT2D eigenvalue weighted by molar-refractivity contribution is 0.615. The van der Waals surface area contributed by atoms with Crippen molar-refractivity contribution in [1.29, 1.82) is 0 Å². The van der Waals surface area contributed by atoms with Gasteiger partial charge in [0.25, 0.3) is 0 Å². The molecule has 0 aliphatic rings. The molecular weight excluding hydrogens is 196 g/mol. The standard InChI is InChI=1S/C14H24N2/c1-4-11(3)12-6-8-13(9-7-12)14(15)10-16-5-2/h6-9,11,14,16H,4-5,10,15H2,1-3H3. The minimum Gasteiger partial charge on any atom is -0.323 e. The van der Waals surface area contributed by atoms with Crippen molar-refractivity contribution in [2.45, 2.75) is 39.2 Å². The summed E-state index contributed by atoms with van der Waals surface area (Å²) in [5.41, 5.74) is 8.70. The van der Waals surface area contributed by atoms with E-state index in [9.17, 15) is 0 Å². The van der Waals surface area contributed by atoms with Gasteiger partial charge in [-0.15, -0.1) is 0 Å². The van der Waals surface area contributed by atoms with Crippen LogP contribution in [-0.4, -0.2) is 13.1 Å². The smallest absolute Gasteiger partial charge is 0.0421 e. The van der Waals surface area contributed by atoms with Gasteiger partial charge in [-0.25, -0.2) is 0 Å². The van der Waals surface area contributed by atoms with Gasteiger partial charge in [-0.1, -0.05) is 45.0 Å². The lowest BCUT2D eigenvalue weighted by atomic mass is 9.96. The number of benzene rings is 1. The summed E-state index contributed by atoms with van der Waals surface area (Å²) in [5.74, 6) is 0.638. The molecule has 0 saturated heterocycles. The van der Waals surface area contributed by atoms with E-state index in [4.69, 9.17) is 5.73 Å². The first-order valence-electron chi connectivity index (χ1n) is 6.25. The quantitative estimate of drug-likeness (QED) is 0.773. The number of nitrogens with two attached hydrogens (primary N) is 1. The molecule has 2 unspecified atom stereocenters. The Bertz CT molecular complexity index is 292. The van der Waals surface area contributed by atoms with Gasteiger partial charge in [0.1, 0.15) is 0 Å². The topological polar surface area (TPSA) is 38.0 Å². The van der Waals surface area contributed by atoms with Gasteiger partial charge in [0.2, 0.25) is 0 Å². The summed E-state index contributed by atoms with van der Waals surface area (Å²) in [6, 6.07) is 8.82. The molecule has 90 valence electrons. The van der Waals surface area contributed by atoms with Crippen LogP contribution < -0.4 is 11.1 Å². The molecule has 2 nitrogen and oxygen atoms in total.